The van der Waals surface area contributed by atoms with Crippen LogP contribution in [0.1, 0.15) is 26.7 Å². The topological polar surface area (TPSA) is 24.1 Å². The van der Waals surface area contributed by atoms with Gasteiger partial charge >= 0.3 is 0 Å². The molecule has 2 nitrogen and oxygen atoms in total. The van der Waals surface area contributed by atoms with E-state index in [2.05, 4.69) is 24.5 Å². The summed E-state index contributed by atoms with van der Waals surface area (Å²) in [5.74, 6) is 0. The molecule has 20 heavy (non-hydrogen) atoms. The highest BCUT2D eigenvalue weighted by Crippen LogP contribution is 2.14. The van der Waals surface area contributed by atoms with Crippen LogP contribution in [0.25, 0.3) is 0 Å². The highest BCUT2D eigenvalue weighted by atomic mass is 14.9. The molecule has 2 heteroatoms. The molecule has 2 rings (SSSR count). The first-order valence-corrected chi connectivity index (χ1v) is 7.44. The van der Waals surface area contributed by atoms with Gasteiger partial charge in [0.2, 0.25) is 0 Å². The Morgan fingerprint density at radius 2 is 1.05 bits per heavy atom. The standard InChI is InChI=1S/C12H11N.C6H15N/c1-3-7-11(8-4-1)13-12-9-5-2-6-10-12;1-3-5-7-6-4-2/h1-10,13H;7H,3-6H2,1-2H3. The average Bonchev–Trinajstić information content (AvgIpc) is 2.51. The van der Waals surface area contributed by atoms with Crippen LogP contribution >= 0.6 is 0 Å². The van der Waals surface area contributed by atoms with Gasteiger partial charge in [-0.25, -0.2) is 0 Å². The van der Waals surface area contributed by atoms with Crippen LogP contribution in [0.2, 0.25) is 0 Å². The molecule has 0 fully saturated rings. The third-order valence-corrected chi connectivity index (χ3v) is 2.69. The van der Waals surface area contributed by atoms with Crippen molar-refractivity contribution in [2.24, 2.45) is 0 Å². The minimum absolute atomic E-state index is 1.12. The molecule has 0 spiro atoms. The van der Waals surface area contributed by atoms with Gasteiger partial charge in [-0.3, -0.25) is 0 Å². The zero-order chi connectivity index (χ0) is 14.5. The number of anilines is 2. The van der Waals surface area contributed by atoms with Crippen LogP contribution in [0.3, 0.4) is 0 Å². The number of nitrogens with one attached hydrogen (secondary N) is 2. The monoisotopic (exact) mass is 270 g/mol. The highest BCUT2D eigenvalue weighted by Gasteiger charge is 1.89. The smallest absolute Gasteiger partial charge is 0.0384 e. The molecule has 0 aliphatic carbocycles. The molecule has 108 valence electrons. The lowest BCUT2D eigenvalue weighted by atomic mass is 10.3. The van der Waals surface area contributed by atoms with E-state index in [1.807, 2.05) is 60.7 Å². The Kier molecular flexibility index (Phi) is 8.99. The maximum atomic E-state index is 3.30. The Bertz CT molecular complexity index is 384. The molecule has 0 aliphatic rings. The number of hydrogen-bond donors (Lipinski definition) is 2. The van der Waals surface area contributed by atoms with E-state index in [9.17, 15) is 0 Å². The summed E-state index contributed by atoms with van der Waals surface area (Å²) in [7, 11) is 0. The zero-order valence-electron chi connectivity index (χ0n) is 12.6. The fraction of sp³-hybridized carbons (Fsp3) is 0.333. The number of para-hydroxylation sites is 2. The lowest BCUT2D eigenvalue weighted by Gasteiger charge is -2.04. The Balaban J connectivity index is 0.000000246. The fourth-order valence-corrected chi connectivity index (χ4v) is 1.69. The highest BCUT2D eigenvalue weighted by molar-refractivity contribution is 5.58. The summed E-state index contributed by atoms with van der Waals surface area (Å²) in [5, 5.41) is 6.59. The van der Waals surface area contributed by atoms with Crippen LogP contribution in [0, 0.1) is 0 Å². The van der Waals surface area contributed by atoms with Crippen LogP contribution in [0.4, 0.5) is 11.4 Å². The lowest BCUT2D eigenvalue weighted by Crippen LogP contribution is -2.14. The zero-order valence-corrected chi connectivity index (χ0v) is 12.6. The molecular weight excluding hydrogens is 244 g/mol. The molecule has 0 atom stereocenters. The summed E-state index contributed by atoms with van der Waals surface area (Å²) in [6, 6.07) is 20.3. The van der Waals surface area contributed by atoms with E-state index < -0.39 is 0 Å². The summed E-state index contributed by atoms with van der Waals surface area (Å²) in [4.78, 5) is 0. The minimum atomic E-state index is 1.12. The molecule has 0 aromatic heterocycles. The van der Waals surface area contributed by atoms with Crippen molar-refractivity contribution in [3.8, 4) is 0 Å². The molecule has 0 saturated heterocycles. The van der Waals surface area contributed by atoms with Gasteiger partial charge in [0, 0.05) is 11.4 Å². The number of benzene rings is 2. The van der Waals surface area contributed by atoms with Gasteiger partial charge in [0.15, 0.2) is 0 Å². The third-order valence-electron chi connectivity index (χ3n) is 2.69. The van der Waals surface area contributed by atoms with E-state index in [1.165, 1.54) is 25.9 Å². The predicted molar refractivity (Wildman–Crippen MR) is 89.6 cm³/mol. The second-order valence-electron chi connectivity index (χ2n) is 4.61. The van der Waals surface area contributed by atoms with Crippen molar-refractivity contribution in [2.45, 2.75) is 26.7 Å². The maximum absolute atomic E-state index is 3.30. The molecule has 2 N–H and O–H groups in total. The van der Waals surface area contributed by atoms with Crippen LogP contribution in [-0.4, -0.2) is 13.1 Å². The van der Waals surface area contributed by atoms with Gasteiger partial charge in [-0.05, 0) is 50.2 Å². The molecule has 0 amide bonds. The van der Waals surface area contributed by atoms with Gasteiger partial charge in [0.25, 0.3) is 0 Å². The second kappa shape index (κ2) is 11.1. The van der Waals surface area contributed by atoms with E-state index in [4.69, 9.17) is 0 Å². The van der Waals surface area contributed by atoms with Gasteiger partial charge in [0.05, 0.1) is 0 Å². The minimum Gasteiger partial charge on any atom is -0.356 e. The first kappa shape index (κ1) is 16.3. The van der Waals surface area contributed by atoms with Crippen molar-refractivity contribution < 1.29 is 0 Å². The molecule has 2 aromatic carbocycles. The normalized spacial score (nSPS) is 9.50. The van der Waals surface area contributed by atoms with Gasteiger partial charge in [-0.1, -0.05) is 50.2 Å². The molecule has 0 saturated carbocycles. The molecular formula is C18H26N2. The largest absolute Gasteiger partial charge is 0.356 e. The third kappa shape index (κ3) is 7.59. The quantitative estimate of drug-likeness (QED) is 0.735. The first-order chi connectivity index (χ1) is 9.86. The van der Waals surface area contributed by atoms with Gasteiger partial charge in [0.1, 0.15) is 0 Å². The molecule has 0 radical (unpaired) electrons. The van der Waals surface area contributed by atoms with E-state index in [-0.39, 0.29) is 0 Å². The summed E-state index contributed by atoms with van der Waals surface area (Å²) in [6.45, 7) is 6.72. The Labute approximate surface area is 123 Å². The van der Waals surface area contributed by atoms with Gasteiger partial charge in [-0.2, -0.15) is 0 Å². The predicted octanol–water partition coefficient (Wildman–Crippen LogP) is 4.83. The molecule has 0 heterocycles. The number of hydrogen-bond acceptors (Lipinski definition) is 2. The maximum Gasteiger partial charge on any atom is 0.0384 e. The second-order valence-corrected chi connectivity index (χ2v) is 4.61. The van der Waals surface area contributed by atoms with E-state index in [0.29, 0.717) is 0 Å². The van der Waals surface area contributed by atoms with Crippen LogP contribution in [-0.2, 0) is 0 Å². The summed E-state index contributed by atoms with van der Waals surface area (Å²) in [6.07, 6.45) is 2.50. The number of rotatable bonds is 6. The van der Waals surface area contributed by atoms with E-state index in [0.717, 1.165) is 11.4 Å². The summed E-state index contributed by atoms with van der Waals surface area (Å²) < 4.78 is 0. The van der Waals surface area contributed by atoms with E-state index in [1.54, 1.807) is 0 Å². The molecule has 2 aromatic rings. The van der Waals surface area contributed by atoms with Crippen molar-refractivity contribution in [3.05, 3.63) is 60.7 Å². The fourth-order valence-electron chi connectivity index (χ4n) is 1.69. The molecule has 0 aliphatic heterocycles. The summed E-state index contributed by atoms with van der Waals surface area (Å²) in [5.41, 5.74) is 2.24. The first-order valence-electron chi connectivity index (χ1n) is 7.44. The van der Waals surface area contributed by atoms with Crippen LogP contribution in [0.5, 0.6) is 0 Å². The van der Waals surface area contributed by atoms with Crippen molar-refractivity contribution in [1.29, 1.82) is 0 Å². The summed E-state index contributed by atoms with van der Waals surface area (Å²) >= 11 is 0. The SMILES string of the molecule is CCCNCCC.c1ccc(Nc2ccccc2)cc1. The lowest BCUT2D eigenvalue weighted by molar-refractivity contribution is 0.662. The average molecular weight is 270 g/mol. The van der Waals surface area contributed by atoms with Crippen LogP contribution < -0.4 is 10.6 Å². The molecule has 0 bridgehead atoms. The van der Waals surface area contributed by atoms with Gasteiger partial charge in [-0.15, -0.1) is 0 Å². The van der Waals surface area contributed by atoms with Crippen LogP contribution in [0.15, 0.2) is 60.7 Å². The van der Waals surface area contributed by atoms with Crippen molar-refractivity contribution >= 4 is 11.4 Å². The van der Waals surface area contributed by atoms with Gasteiger partial charge < -0.3 is 10.6 Å². The Hall–Kier alpha value is -1.80. The van der Waals surface area contributed by atoms with Crippen molar-refractivity contribution in [3.63, 3.8) is 0 Å². The Morgan fingerprint density at radius 3 is 1.40 bits per heavy atom. The van der Waals surface area contributed by atoms with Crippen molar-refractivity contribution in [1.82, 2.24) is 5.32 Å². The Morgan fingerprint density at radius 1 is 0.650 bits per heavy atom. The van der Waals surface area contributed by atoms with E-state index >= 15 is 0 Å². The molecule has 0 unspecified atom stereocenters. The van der Waals surface area contributed by atoms with Crippen molar-refractivity contribution in [2.75, 3.05) is 18.4 Å².